The third-order valence-corrected chi connectivity index (χ3v) is 7.21. The fourth-order valence-electron chi connectivity index (χ4n) is 5.30. The van der Waals surface area contributed by atoms with Gasteiger partial charge in [0.25, 0.3) is 0 Å². The van der Waals surface area contributed by atoms with Crippen LogP contribution in [0.3, 0.4) is 0 Å². The van der Waals surface area contributed by atoms with Gasteiger partial charge in [0.1, 0.15) is 12.1 Å². The van der Waals surface area contributed by atoms with Crippen LogP contribution in [0.15, 0.2) is 73.3 Å². The molecular formula is C29H35F3N6O2. The molecule has 40 heavy (non-hydrogen) atoms. The van der Waals surface area contributed by atoms with Gasteiger partial charge < -0.3 is 15.6 Å². The average Bonchev–Trinajstić information content (AvgIpc) is 3.39. The Morgan fingerprint density at radius 1 is 1.00 bits per heavy atom. The first-order chi connectivity index (χ1) is 19.1. The predicted molar refractivity (Wildman–Crippen MR) is 145 cm³/mol. The fraction of sp³-hybridized carbons (Fsp3) is 0.414. The number of benzene rings is 1. The van der Waals surface area contributed by atoms with Gasteiger partial charge in [0.05, 0.1) is 0 Å². The Hall–Kier alpha value is -3.70. The normalized spacial score (nSPS) is 18.5. The first kappa shape index (κ1) is 29.3. The van der Waals surface area contributed by atoms with Crippen molar-refractivity contribution in [2.45, 2.75) is 43.9 Å². The molecule has 1 aliphatic heterocycles. The Bertz CT molecular complexity index is 1250. The Balaban J connectivity index is 1.60. The lowest BCUT2D eigenvalue weighted by atomic mass is 9.84. The largest absolute Gasteiger partial charge is 0.405 e. The van der Waals surface area contributed by atoms with Crippen LogP contribution in [0, 0.1) is 0 Å². The maximum Gasteiger partial charge on any atom is 0.405 e. The zero-order valence-corrected chi connectivity index (χ0v) is 22.3. The van der Waals surface area contributed by atoms with Crippen molar-refractivity contribution in [3.63, 3.8) is 0 Å². The minimum atomic E-state index is -4.53. The Morgan fingerprint density at radius 3 is 2.45 bits per heavy atom. The van der Waals surface area contributed by atoms with Crippen LogP contribution in [0.2, 0.25) is 0 Å². The number of piperazine rings is 1. The van der Waals surface area contributed by atoms with E-state index in [2.05, 4.69) is 15.2 Å². The summed E-state index contributed by atoms with van der Waals surface area (Å²) in [4.78, 5) is 33.2. The van der Waals surface area contributed by atoms with Gasteiger partial charge in [-0.3, -0.25) is 24.4 Å². The highest BCUT2D eigenvalue weighted by atomic mass is 19.4. The highest BCUT2D eigenvalue weighted by Gasteiger charge is 2.48. The van der Waals surface area contributed by atoms with Gasteiger partial charge in [-0.25, -0.2) is 0 Å². The number of carbonyl (C=O) groups is 2. The highest BCUT2D eigenvalue weighted by Crippen LogP contribution is 2.29. The quantitative estimate of drug-likeness (QED) is 0.334. The van der Waals surface area contributed by atoms with E-state index in [0.717, 1.165) is 16.8 Å². The number of carbonyl (C=O) groups excluding carboxylic acids is 2. The van der Waals surface area contributed by atoms with Crippen molar-refractivity contribution in [3.8, 4) is 5.69 Å². The van der Waals surface area contributed by atoms with Gasteiger partial charge in [-0.05, 0) is 48.7 Å². The monoisotopic (exact) mass is 556 g/mol. The van der Waals surface area contributed by atoms with Crippen molar-refractivity contribution in [2.24, 2.45) is 5.73 Å². The van der Waals surface area contributed by atoms with Crippen molar-refractivity contribution in [2.75, 3.05) is 32.7 Å². The van der Waals surface area contributed by atoms with Gasteiger partial charge in [-0.1, -0.05) is 30.3 Å². The van der Waals surface area contributed by atoms with E-state index in [1.54, 1.807) is 12.4 Å². The SMILES string of the molecule is NC(=O)CCCCN1CCN(Cc2ccn(-c3ccncc3)c2)CC1(Cc1ccccc1)C(=O)NCC(F)(F)F. The van der Waals surface area contributed by atoms with Crippen molar-refractivity contribution in [1.82, 2.24) is 24.7 Å². The summed E-state index contributed by atoms with van der Waals surface area (Å²) in [6.45, 7) is 0.990. The maximum absolute atomic E-state index is 13.7. The minimum Gasteiger partial charge on any atom is -0.370 e. The van der Waals surface area contributed by atoms with E-state index in [9.17, 15) is 22.8 Å². The molecule has 3 N–H and O–H groups in total. The van der Waals surface area contributed by atoms with Crippen LogP contribution in [0.25, 0.3) is 5.69 Å². The number of alkyl halides is 3. The van der Waals surface area contributed by atoms with Crippen molar-refractivity contribution in [1.29, 1.82) is 0 Å². The molecular weight excluding hydrogens is 521 g/mol. The molecule has 2 amide bonds. The van der Waals surface area contributed by atoms with Gasteiger partial charge in [-0.2, -0.15) is 13.2 Å². The summed E-state index contributed by atoms with van der Waals surface area (Å²) in [6.07, 6.45) is 4.48. The number of primary amides is 1. The smallest absolute Gasteiger partial charge is 0.370 e. The van der Waals surface area contributed by atoms with Gasteiger partial charge in [0.15, 0.2) is 0 Å². The number of amides is 2. The van der Waals surface area contributed by atoms with Gasteiger partial charge in [0.2, 0.25) is 11.8 Å². The minimum absolute atomic E-state index is 0.223. The van der Waals surface area contributed by atoms with E-state index in [-0.39, 0.29) is 19.4 Å². The van der Waals surface area contributed by atoms with Crippen LogP contribution in [-0.2, 0) is 22.6 Å². The third kappa shape index (κ3) is 7.92. The summed E-state index contributed by atoms with van der Waals surface area (Å²) in [5, 5.41) is 2.19. The molecule has 1 aliphatic rings. The molecule has 0 saturated carbocycles. The molecule has 1 unspecified atom stereocenters. The van der Waals surface area contributed by atoms with Crippen molar-refractivity contribution >= 4 is 11.8 Å². The van der Waals surface area contributed by atoms with Crippen LogP contribution in [-0.4, -0.2) is 75.6 Å². The molecule has 1 aromatic carbocycles. The van der Waals surface area contributed by atoms with E-state index in [1.807, 2.05) is 70.4 Å². The molecule has 214 valence electrons. The lowest BCUT2D eigenvalue weighted by molar-refractivity contribution is -0.150. The predicted octanol–water partition coefficient (Wildman–Crippen LogP) is 3.31. The zero-order valence-electron chi connectivity index (χ0n) is 22.3. The molecule has 1 atom stereocenters. The first-order valence-corrected chi connectivity index (χ1v) is 13.4. The van der Waals surface area contributed by atoms with Crippen LogP contribution < -0.4 is 11.1 Å². The topological polar surface area (TPSA) is 96.5 Å². The van der Waals surface area contributed by atoms with E-state index in [0.29, 0.717) is 39.0 Å². The number of halogens is 3. The number of nitrogens with one attached hydrogen (secondary N) is 1. The number of aromatic nitrogens is 2. The van der Waals surface area contributed by atoms with Crippen LogP contribution in [0.1, 0.15) is 30.4 Å². The van der Waals surface area contributed by atoms with E-state index in [4.69, 9.17) is 5.73 Å². The lowest BCUT2D eigenvalue weighted by Crippen LogP contribution is -2.70. The molecule has 0 bridgehead atoms. The number of hydrogen-bond donors (Lipinski definition) is 2. The average molecular weight is 557 g/mol. The number of pyridine rings is 1. The summed E-state index contributed by atoms with van der Waals surface area (Å²) in [5.74, 6) is -1.05. The van der Waals surface area contributed by atoms with Gasteiger partial charge in [-0.15, -0.1) is 0 Å². The summed E-state index contributed by atoms with van der Waals surface area (Å²) in [5.41, 5.74) is 6.91. The standard InChI is InChI=1S/C29H35F3N6O2/c30-29(31,32)21-35-27(40)28(18-23-6-2-1-3-7-23)22-36(16-17-38(28)14-5-4-8-26(33)39)19-24-11-15-37(20-24)25-9-12-34-13-10-25/h1-3,6-7,9-13,15,20H,4-5,8,14,16-19,21-22H2,(H2,33,39)(H,35,40). The van der Waals surface area contributed by atoms with Crippen LogP contribution in [0.4, 0.5) is 13.2 Å². The summed E-state index contributed by atoms with van der Waals surface area (Å²) in [6, 6.07) is 15.1. The van der Waals surface area contributed by atoms with Gasteiger partial charge >= 0.3 is 6.18 Å². The number of nitrogens with zero attached hydrogens (tertiary/aromatic N) is 4. The number of unbranched alkanes of at least 4 members (excludes halogenated alkanes) is 1. The maximum atomic E-state index is 13.7. The van der Waals surface area contributed by atoms with Gasteiger partial charge in [0, 0.05) is 69.5 Å². The molecule has 4 rings (SSSR count). The second-order valence-corrected chi connectivity index (χ2v) is 10.2. The molecule has 3 heterocycles. The molecule has 3 aromatic rings. The first-order valence-electron chi connectivity index (χ1n) is 13.4. The van der Waals surface area contributed by atoms with Crippen molar-refractivity contribution < 1.29 is 22.8 Å². The zero-order chi connectivity index (χ0) is 28.6. The van der Waals surface area contributed by atoms with Crippen LogP contribution >= 0.6 is 0 Å². The second-order valence-electron chi connectivity index (χ2n) is 10.2. The van der Waals surface area contributed by atoms with E-state index < -0.39 is 30.1 Å². The second kappa shape index (κ2) is 13.1. The molecule has 0 aliphatic carbocycles. The summed E-state index contributed by atoms with van der Waals surface area (Å²) >= 11 is 0. The lowest BCUT2D eigenvalue weighted by Gasteiger charge is -2.50. The molecule has 0 spiro atoms. The van der Waals surface area contributed by atoms with Crippen LogP contribution in [0.5, 0.6) is 0 Å². The Labute approximate surface area is 232 Å². The Kier molecular flexibility index (Phi) is 9.59. The molecule has 1 saturated heterocycles. The Morgan fingerprint density at radius 2 is 1.75 bits per heavy atom. The summed E-state index contributed by atoms with van der Waals surface area (Å²) < 4.78 is 41.5. The van der Waals surface area contributed by atoms with E-state index >= 15 is 0 Å². The molecule has 8 nitrogen and oxygen atoms in total. The number of rotatable bonds is 12. The van der Waals surface area contributed by atoms with Crippen molar-refractivity contribution in [3.05, 3.63) is 84.4 Å². The third-order valence-electron chi connectivity index (χ3n) is 7.21. The molecule has 11 heteroatoms. The molecule has 2 aromatic heterocycles. The fourth-order valence-corrected chi connectivity index (χ4v) is 5.30. The number of nitrogens with two attached hydrogens (primary N) is 1. The summed E-state index contributed by atoms with van der Waals surface area (Å²) in [7, 11) is 0. The highest BCUT2D eigenvalue weighted by molar-refractivity contribution is 5.87. The molecule has 0 radical (unpaired) electrons. The molecule has 1 fully saturated rings. The van der Waals surface area contributed by atoms with E-state index in [1.165, 1.54) is 0 Å². The number of hydrogen-bond acceptors (Lipinski definition) is 5.